The lowest BCUT2D eigenvalue weighted by atomic mass is 9.95. The smallest absolute Gasteiger partial charge is 0.336 e. The number of nitrogens with two attached hydrogens (primary N) is 1. The Morgan fingerprint density at radius 1 is 1.50 bits per heavy atom. The third kappa shape index (κ3) is 2.30. The van der Waals surface area contributed by atoms with Gasteiger partial charge in [-0.1, -0.05) is 11.6 Å². The molecule has 1 rings (SSSR count). The van der Waals surface area contributed by atoms with Gasteiger partial charge in [0.2, 0.25) is 5.91 Å². The van der Waals surface area contributed by atoms with E-state index in [0.29, 0.717) is 0 Å². The van der Waals surface area contributed by atoms with Gasteiger partial charge in [-0.2, -0.15) is 0 Å². The van der Waals surface area contributed by atoms with E-state index in [1.165, 1.54) is 6.92 Å². The highest BCUT2D eigenvalue weighted by Gasteiger charge is 2.21. The maximum Gasteiger partial charge on any atom is 0.336 e. The van der Waals surface area contributed by atoms with E-state index in [1.54, 1.807) is 0 Å². The minimum atomic E-state index is -1.33. The van der Waals surface area contributed by atoms with Crippen LogP contribution in [0.5, 0.6) is 0 Å². The lowest BCUT2D eigenvalue weighted by Crippen LogP contribution is -2.21. The summed E-state index contributed by atoms with van der Waals surface area (Å²) in [5.41, 5.74) is 4.85. The molecule has 0 fully saturated rings. The molecule has 1 amide bonds. The molecule has 0 radical (unpaired) electrons. The first-order valence-electron chi connectivity index (χ1n) is 4.36. The molecule has 0 spiro atoms. The van der Waals surface area contributed by atoms with Crippen LogP contribution >= 0.6 is 11.6 Å². The van der Waals surface area contributed by atoms with Gasteiger partial charge < -0.3 is 10.8 Å². The molecule has 1 aromatic carbocycles. The molecule has 0 heterocycles. The summed E-state index contributed by atoms with van der Waals surface area (Å²) < 4.78 is 13.1. The average Bonchev–Trinajstić information content (AvgIpc) is 2.19. The van der Waals surface area contributed by atoms with Crippen LogP contribution in [-0.4, -0.2) is 17.0 Å². The normalized spacial score (nSPS) is 12.2. The number of hydrogen-bond donors (Lipinski definition) is 2. The molecule has 6 heteroatoms. The Morgan fingerprint density at radius 2 is 2.06 bits per heavy atom. The fourth-order valence-corrected chi connectivity index (χ4v) is 1.43. The lowest BCUT2D eigenvalue weighted by molar-refractivity contribution is -0.119. The number of carboxylic acids is 1. The van der Waals surface area contributed by atoms with Crippen molar-refractivity contribution in [3.05, 3.63) is 34.1 Å². The molecule has 0 aliphatic rings. The monoisotopic (exact) mass is 245 g/mol. The van der Waals surface area contributed by atoms with Crippen molar-refractivity contribution in [2.24, 2.45) is 5.73 Å². The molecule has 0 unspecified atom stereocenters. The largest absolute Gasteiger partial charge is 0.478 e. The average molecular weight is 246 g/mol. The molecule has 1 atom stereocenters. The number of benzene rings is 1. The predicted octanol–water partition coefficient (Wildman–Crippen LogP) is 1.77. The van der Waals surface area contributed by atoms with Crippen LogP contribution < -0.4 is 5.73 Å². The lowest BCUT2D eigenvalue weighted by Gasteiger charge is -2.12. The standard InChI is InChI=1S/C10H9ClFNO3/c1-4(9(13)14)5-2-7(11)8(12)3-6(5)10(15)16/h2-4H,1H3,(H2,13,14)(H,15,16)/t4-/m0/s1. The zero-order valence-corrected chi connectivity index (χ0v) is 9.08. The molecule has 0 bridgehead atoms. The topological polar surface area (TPSA) is 80.4 Å². The van der Waals surface area contributed by atoms with Gasteiger partial charge >= 0.3 is 5.97 Å². The fraction of sp³-hybridized carbons (Fsp3) is 0.200. The van der Waals surface area contributed by atoms with Gasteiger partial charge in [-0.25, -0.2) is 9.18 Å². The molecule has 0 aromatic heterocycles. The summed E-state index contributed by atoms with van der Waals surface area (Å²) in [5.74, 6) is -3.73. The fourth-order valence-electron chi connectivity index (χ4n) is 1.26. The van der Waals surface area contributed by atoms with E-state index in [1.807, 2.05) is 0 Å². The van der Waals surface area contributed by atoms with Crippen LogP contribution in [0.25, 0.3) is 0 Å². The minimum absolute atomic E-state index is 0.103. The molecule has 0 saturated carbocycles. The summed E-state index contributed by atoms with van der Waals surface area (Å²) in [4.78, 5) is 21.8. The summed E-state index contributed by atoms with van der Waals surface area (Å²) in [6, 6.07) is 1.88. The molecule has 86 valence electrons. The summed E-state index contributed by atoms with van der Waals surface area (Å²) in [7, 11) is 0. The Morgan fingerprint density at radius 3 is 2.50 bits per heavy atom. The van der Waals surface area contributed by atoms with Crippen molar-refractivity contribution < 1.29 is 19.1 Å². The summed E-state index contributed by atoms with van der Waals surface area (Å²) in [5, 5.41) is 8.61. The number of primary amides is 1. The van der Waals surface area contributed by atoms with Gasteiger partial charge in [0.25, 0.3) is 0 Å². The highest BCUT2D eigenvalue weighted by atomic mass is 35.5. The molecular formula is C10H9ClFNO3. The van der Waals surface area contributed by atoms with Crippen molar-refractivity contribution >= 4 is 23.5 Å². The van der Waals surface area contributed by atoms with Crippen LogP contribution in [0.15, 0.2) is 12.1 Å². The molecule has 1 aromatic rings. The second-order valence-electron chi connectivity index (χ2n) is 3.28. The van der Waals surface area contributed by atoms with Gasteiger partial charge in [0, 0.05) is 0 Å². The Bertz CT molecular complexity index is 462. The minimum Gasteiger partial charge on any atom is -0.478 e. The van der Waals surface area contributed by atoms with Crippen LogP contribution in [0.3, 0.4) is 0 Å². The number of halogens is 2. The number of hydrogen-bond acceptors (Lipinski definition) is 2. The van der Waals surface area contributed by atoms with Crippen LogP contribution in [0.2, 0.25) is 5.02 Å². The highest BCUT2D eigenvalue weighted by Crippen LogP contribution is 2.26. The Hall–Kier alpha value is -1.62. The third-order valence-electron chi connectivity index (χ3n) is 2.22. The van der Waals surface area contributed by atoms with Crippen LogP contribution in [0, 0.1) is 5.82 Å². The Labute approximate surface area is 95.8 Å². The molecule has 0 aliphatic carbocycles. The predicted molar refractivity (Wildman–Crippen MR) is 56.0 cm³/mol. The van der Waals surface area contributed by atoms with E-state index in [4.69, 9.17) is 22.4 Å². The zero-order valence-electron chi connectivity index (χ0n) is 8.33. The van der Waals surface area contributed by atoms with E-state index < -0.39 is 23.6 Å². The van der Waals surface area contributed by atoms with Gasteiger partial charge in [-0.3, -0.25) is 4.79 Å². The number of amides is 1. The molecule has 0 aliphatic heterocycles. The van der Waals surface area contributed by atoms with Crippen LogP contribution in [0.1, 0.15) is 28.8 Å². The Kier molecular flexibility index (Phi) is 3.49. The molecule has 0 saturated heterocycles. The van der Waals surface area contributed by atoms with E-state index in [2.05, 4.69) is 0 Å². The molecular weight excluding hydrogens is 237 g/mol. The summed E-state index contributed by atoms with van der Waals surface area (Å²) in [6.07, 6.45) is 0. The third-order valence-corrected chi connectivity index (χ3v) is 2.51. The van der Waals surface area contributed by atoms with E-state index in [0.717, 1.165) is 12.1 Å². The number of rotatable bonds is 3. The van der Waals surface area contributed by atoms with Crippen molar-refractivity contribution in [2.75, 3.05) is 0 Å². The van der Waals surface area contributed by atoms with E-state index in [-0.39, 0.29) is 16.1 Å². The molecule has 16 heavy (non-hydrogen) atoms. The van der Waals surface area contributed by atoms with Crippen molar-refractivity contribution in [3.63, 3.8) is 0 Å². The summed E-state index contributed by atoms with van der Waals surface area (Å²) in [6.45, 7) is 1.43. The maximum atomic E-state index is 13.1. The zero-order chi connectivity index (χ0) is 12.5. The number of carbonyl (C=O) groups is 2. The second-order valence-corrected chi connectivity index (χ2v) is 3.69. The van der Waals surface area contributed by atoms with Crippen molar-refractivity contribution in [2.45, 2.75) is 12.8 Å². The van der Waals surface area contributed by atoms with Gasteiger partial charge in [0.1, 0.15) is 5.82 Å². The van der Waals surface area contributed by atoms with Gasteiger partial charge in [-0.05, 0) is 24.6 Å². The molecule has 3 N–H and O–H groups in total. The quantitative estimate of drug-likeness (QED) is 0.852. The van der Waals surface area contributed by atoms with Crippen LogP contribution in [-0.2, 0) is 4.79 Å². The second kappa shape index (κ2) is 4.49. The van der Waals surface area contributed by atoms with Gasteiger partial charge in [-0.15, -0.1) is 0 Å². The molecule has 4 nitrogen and oxygen atoms in total. The SMILES string of the molecule is C[C@H](C(N)=O)c1cc(Cl)c(F)cc1C(=O)O. The number of carboxylic acid groups (broad SMARTS) is 1. The van der Waals surface area contributed by atoms with E-state index >= 15 is 0 Å². The van der Waals surface area contributed by atoms with Crippen molar-refractivity contribution in [1.82, 2.24) is 0 Å². The van der Waals surface area contributed by atoms with Gasteiger partial charge in [0.05, 0.1) is 16.5 Å². The highest BCUT2D eigenvalue weighted by molar-refractivity contribution is 6.31. The van der Waals surface area contributed by atoms with Gasteiger partial charge in [0.15, 0.2) is 0 Å². The first-order chi connectivity index (χ1) is 7.34. The Balaban J connectivity index is 3.41. The first kappa shape index (κ1) is 12.4. The van der Waals surface area contributed by atoms with E-state index in [9.17, 15) is 14.0 Å². The van der Waals surface area contributed by atoms with Crippen LogP contribution in [0.4, 0.5) is 4.39 Å². The van der Waals surface area contributed by atoms with Crippen molar-refractivity contribution in [1.29, 1.82) is 0 Å². The number of carbonyl (C=O) groups excluding carboxylic acids is 1. The van der Waals surface area contributed by atoms with Crippen molar-refractivity contribution in [3.8, 4) is 0 Å². The first-order valence-corrected chi connectivity index (χ1v) is 4.74. The maximum absolute atomic E-state index is 13.1. The number of aromatic carboxylic acids is 1. The summed E-state index contributed by atoms with van der Waals surface area (Å²) >= 11 is 5.52.